The maximum Gasteiger partial charge on any atom is 0.271 e. The van der Waals surface area contributed by atoms with Gasteiger partial charge in [-0.05, 0) is 18.2 Å². The first kappa shape index (κ1) is 15.3. The van der Waals surface area contributed by atoms with E-state index in [4.69, 9.17) is 4.74 Å². The maximum absolute atomic E-state index is 12.1. The van der Waals surface area contributed by atoms with Gasteiger partial charge < -0.3 is 10.1 Å². The molecule has 0 bridgehead atoms. The highest BCUT2D eigenvalue weighted by molar-refractivity contribution is 5.61. The predicted octanol–water partition coefficient (Wildman–Crippen LogP) is 1.95. The molecule has 0 aliphatic heterocycles. The minimum atomic E-state index is -0.0743. The van der Waals surface area contributed by atoms with Gasteiger partial charge in [0.05, 0.1) is 12.8 Å². The predicted molar refractivity (Wildman–Crippen MR) is 83.4 cm³/mol. The van der Waals surface area contributed by atoms with Gasteiger partial charge in [-0.3, -0.25) is 4.79 Å². The Hall–Kier alpha value is -2.14. The Bertz CT molecular complexity index is 677. The lowest BCUT2D eigenvalue weighted by Crippen LogP contribution is -2.30. The zero-order chi connectivity index (χ0) is 15.4. The Morgan fingerprint density at radius 1 is 1.33 bits per heavy atom. The third kappa shape index (κ3) is 3.70. The number of aryl methyl sites for hydroxylation is 1. The SMILES string of the molecule is COc1cccc(-c2cc(CNC(C)C)c(=O)n(C)n2)c1. The number of hydrogen-bond acceptors (Lipinski definition) is 4. The lowest BCUT2D eigenvalue weighted by molar-refractivity contribution is 0.415. The van der Waals surface area contributed by atoms with Crippen molar-refractivity contribution in [2.75, 3.05) is 7.11 Å². The highest BCUT2D eigenvalue weighted by Gasteiger charge is 2.09. The number of benzene rings is 1. The van der Waals surface area contributed by atoms with Gasteiger partial charge in [0.25, 0.3) is 5.56 Å². The molecule has 0 unspecified atom stereocenters. The first-order valence-corrected chi connectivity index (χ1v) is 6.96. The summed E-state index contributed by atoms with van der Waals surface area (Å²) in [6, 6.07) is 9.82. The lowest BCUT2D eigenvalue weighted by Gasteiger charge is -2.11. The van der Waals surface area contributed by atoms with Gasteiger partial charge in [-0.15, -0.1) is 0 Å². The second-order valence-electron chi connectivity index (χ2n) is 5.25. The summed E-state index contributed by atoms with van der Waals surface area (Å²) < 4.78 is 6.61. The minimum absolute atomic E-state index is 0.0743. The highest BCUT2D eigenvalue weighted by Crippen LogP contribution is 2.21. The van der Waals surface area contributed by atoms with Crippen LogP contribution in [0.2, 0.25) is 0 Å². The second kappa shape index (κ2) is 6.54. The zero-order valence-corrected chi connectivity index (χ0v) is 12.9. The molecule has 0 saturated heterocycles. The number of nitrogens with zero attached hydrogens (tertiary/aromatic N) is 2. The first-order valence-electron chi connectivity index (χ1n) is 6.96. The molecule has 1 N–H and O–H groups in total. The second-order valence-corrected chi connectivity index (χ2v) is 5.25. The molecule has 5 nitrogen and oxygen atoms in total. The number of hydrogen-bond donors (Lipinski definition) is 1. The molecule has 0 aliphatic carbocycles. The first-order chi connectivity index (χ1) is 10.0. The van der Waals surface area contributed by atoms with Gasteiger partial charge in [0.2, 0.25) is 0 Å². The summed E-state index contributed by atoms with van der Waals surface area (Å²) in [6.07, 6.45) is 0. The molecule has 1 aromatic heterocycles. The van der Waals surface area contributed by atoms with E-state index < -0.39 is 0 Å². The number of ether oxygens (including phenoxy) is 1. The summed E-state index contributed by atoms with van der Waals surface area (Å²) in [5.41, 5.74) is 2.32. The smallest absolute Gasteiger partial charge is 0.271 e. The Labute approximate surface area is 124 Å². The molecule has 0 atom stereocenters. The van der Waals surface area contributed by atoms with Crippen LogP contribution in [0.1, 0.15) is 19.4 Å². The Kier molecular flexibility index (Phi) is 4.75. The van der Waals surface area contributed by atoms with Gasteiger partial charge >= 0.3 is 0 Å². The molecule has 112 valence electrons. The van der Waals surface area contributed by atoms with Crippen LogP contribution in [-0.4, -0.2) is 22.9 Å². The van der Waals surface area contributed by atoms with Crippen molar-refractivity contribution in [3.8, 4) is 17.0 Å². The Morgan fingerprint density at radius 2 is 2.10 bits per heavy atom. The van der Waals surface area contributed by atoms with Crippen LogP contribution in [0.5, 0.6) is 5.75 Å². The molecule has 0 aliphatic rings. The number of methoxy groups -OCH3 is 1. The van der Waals surface area contributed by atoms with Crippen LogP contribution in [0.4, 0.5) is 0 Å². The Balaban J connectivity index is 2.42. The minimum Gasteiger partial charge on any atom is -0.497 e. The maximum atomic E-state index is 12.1. The van der Waals surface area contributed by atoms with Crippen molar-refractivity contribution in [2.45, 2.75) is 26.4 Å². The van der Waals surface area contributed by atoms with Crippen LogP contribution < -0.4 is 15.6 Å². The number of aromatic nitrogens is 2. The van der Waals surface area contributed by atoms with Gasteiger partial charge in [-0.1, -0.05) is 26.0 Å². The standard InChI is InChI=1S/C16H21N3O2/c1-11(2)17-10-13-9-15(18-19(3)16(13)20)12-6-5-7-14(8-12)21-4/h5-9,11,17H,10H2,1-4H3. The normalized spacial score (nSPS) is 10.9. The molecular weight excluding hydrogens is 266 g/mol. The Morgan fingerprint density at radius 3 is 2.76 bits per heavy atom. The molecule has 0 saturated carbocycles. The van der Waals surface area contributed by atoms with Crippen molar-refractivity contribution >= 4 is 0 Å². The van der Waals surface area contributed by atoms with E-state index in [9.17, 15) is 4.79 Å². The number of nitrogens with one attached hydrogen (secondary N) is 1. The van der Waals surface area contributed by atoms with E-state index >= 15 is 0 Å². The van der Waals surface area contributed by atoms with Crippen molar-refractivity contribution < 1.29 is 4.74 Å². The van der Waals surface area contributed by atoms with Gasteiger partial charge in [-0.25, -0.2) is 4.68 Å². The van der Waals surface area contributed by atoms with Crippen LogP contribution in [0.3, 0.4) is 0 Å². The van der Waals surface area contributed by atoms with Crippen LogP contribution in [0.15, 0.2) is 35.1 Å². The van der Waals surface area contributed by atoms with Crippen LogP contribution in [0.25, 0.3) is 11.3 Å². The van der Waals surface area contributed by atoms with Crippen molar-refractivity contribution in [3.63, 3.8) is 0 Å². The quantitative estimate of drug-likeness (QED) is 0.913. The van der Waals surface area contributed by atoms with E-state index in [1.165, 1.54) is 4.68 Å². The molecule has 0 spiro atoms. The lowest BCUT2D eigenvalue weighted by atomic mass is 10.1. The van der Waals surface area contributed by atoms with Crippen LogP contribution in [-0.2, 0) is 13.6 Å². The summed E-state index contributed by atoms with van der Waals surface area (Å²) >= 11 is 0. The summed E-state index contributed by atoms with van der Waals surface area (Å²) in [4.78, 5) is 12.1. The molecule has 5 heteroatoms. The fraction of sp³-hybridized carbons (Fsp3) is 0.375. The van der Waals surface area contributed by atoms with E-state index in [-0.39, 0.29) is 5.56 Å². The monoisotopic (exact) mass is 287 g/mol. The molecule has 2 aromatic rings. The van der Waals surface area contributed by atoms with E-state index in [1.54, 1.807) is 14.2 Å². The van der Waals surface area contributed by atoms with Crippen LogP contribution in [0, 0.1) is 0 Å². The molecular formula is C16H21N3O2. The summed E-state index contributed by atoms with van der Waals surface area (Å²) in [7, 11) is 3.30. The van der Waals surface area contributed by atoms with E-state index in [2.05, 4.69) is 24.3 Å². The zero-order valence-electron chi connectivity index (χ0n) is 12.9. The average molecular weight is 287 g/mol. The molecule has 0 radical (unpaired) electrons. The fourth-order valence-electron chi connectivity index (χ4n) is 2.03. The number of rotatable bonds is 5. The topological polar surface area (TPSA) is 56.1 Å². The third-order valence-electron chi connectivity index (χ3n) is 3.20. The van der Waals surface area contributed by atoms with E-state index in [1.807, 2.05) is 30.3 Å². The summed E-state index contributed by atoms with van der Waals surface area (Å²) in [6.45, 7) is 4.63. The summed E-state index contributed by atoms with van der Waals surface area (Å²) in [5, 5.41) is 7.59. The van der Waals surface area contributed by atoms with E-state index in [0.29, 0.717) is 18.2 Å². The van der Waals surface area contributed by atoms with Crippen LogP contribution >= 0.6 is 0 Å². The van der Waals surface area contributed by atoms with Crippen molar-refractivity contribution in [3.05, 3.63) is 46.2 Å². The molecule has 1 aromatic carbocycles. The van der Waals surface area contributed by atoms with Gasteiger partial charge in [0, 0.05) is 30.8 Å². The van der Waals surface area contributed by atoms with Crippen molar-refractivity contribution in [2.24, 2.45) is 7.05 Å². The molecule has 0 fully saturated rings. The van der Waals surface area contributed by atoms with Crippen molar-refractivity contribution in [1.29, 1.82) is 0 Å². The van der Waals surface area contributed by atoms with E-state index in [0.717, 1.165) is 17.0 Å². The van der Waals surface area contributed by atoms with Gasteiger partial charge in [-0.2, -0.15) is 5.10 Å². The van der Waals surface area contributed by atoms with Gasteiger partial charge in [0.1, 0.15) is 5.75 Å². The molecule has 21 heavy (non-hydrogen) atoms. The molecule has 2 rings (SSSR count). The average Bonchev–Trinajstić information content (AvgIpc) is 2.48. The van der Waals surface area contributed by atoms with Crippen molar-refractivity contribution in [1.82, 2.24) is 15.1 Å². The van der Waals surface area contributed by atoms with Gasteiger partial charge in [0.15, 0.2) is 0 Å². The molecule has 0 amide bonds. The highest BCUT2D eigenvalue weighted by atomic mass is 16.5. The fourth-order valence-corrected chi connectivity index (χ4v) is 2.03. The summed E-state index contributed by atoms with van der Waals surface area (Å²) in [5.74, 6) is 0.769. The molecule has 1 heterocycles. The largest absolute Gasteiger partial charge is 0.497 e. The third-order valence-corrected chi connectivity index (χ3v) is 3.20.